The summed E-state index contributed by atoms with van der Waals surface area (Å²) in [6, 6.07) is 4.52. The fourth-order valence-corrected chi connectivity index (χ4v) is 2.89. The van der Waals surface area contributed by atoms with Gasteiger partial charge in [0.25, 0.3) is 5.91 Å². The molecule has 0 aliphatic heterocycles. The van der Waals surface area contributed by atoms with Gasteiger partial charge in [-0.15, -0.1) is 0 Å². The van der Waals surface area contributed by atoms with Crippen LogP contribution in [0.25, 0.3) is 0 Å². The van der Waals surface area contributed by atoms with Crippen molar-refractivity contribution in [3.05, 3.63) is 33.8 Å². The number of halogens is 2. The molecule has 0 saturated heterocycles. The summed E-state index contributed by atoms with van der Waals surface area (Å²) in [6.45, 7) is 9.12. The SMILES string of the molecule is CC(C)C[C@H](CC(=O)CNC(=O)c1cc(Cl)ccc1Cl)C(=O)OC(C)(C)C. The Morgan fingerprint density at radius 1 is 1.15 bits per heavy atom. The minimum absolute atomic E-state index is 0.0106. The smallest absolute Gasteiger partial charge is 0.309 e. The van der Waals surface area contributed by atoms with Gasteiger partial charge in [0, 0.05) is 11.4 Å². The highest BCUT2D eigenvalue weighted by Gasteiger charge is 2.28. The molecule has 1 atom stereocenters. The molecule has 27 heavy (non-hydrogen) atoms. The zero-order chi connectivity index (χ0) is 20.8. The Labute approximate surface area is 170 Å². The third-order valence-corrected chi connectivity index (χ3v) is 4.15. The maximum absolute atomic E-state index is 12.4. The quantitative estimate of drug-likeness (QED) is 0.625. The van der Waals surface area contributed by atoms with Gasteiger partial charge in [-0.2, -0.15) is 0 Å². The van der Waals surface area contributed by atoms with E-state index in [9.17, 15) is 14.4 Å². The molecule has 0 aromatic heterocycles. The number of Topliss-reactive ketones (excluding diaryl/α,β-unsaturated/α-hetero) is 1. The van der Waals surface area contributed by atoms with Gasteiger partial charge in [-0.3, -0.25) is 14.4 Å². The topological polar surface area (TPSA) is 72.5 Å². The van der Waals surface area contributed by atoms with Gasteiger partial charge in [0.15, 0.2) is 5.78 Å². The molecule has 0 heterocycles. The van der Waals surface area contributed by atoms with Gasteiger partial charge in [-0.25, -0.2) is 0 Å². The molecule has 7 heteroatoms. The summed E-state index contributed by atoms with van der Waals surface area (Å²) in [4.78, 5) is 36.9. The van der Waals surface area contributed by atoms with Crippen LogP contribution in [0.4, 0.5) is 0 Å². The van der Waals surface area contributed by atoms with Crippen LogP contribution in [0.1, 0.15) is 57.8 Å². The van der Waals surface area contributed by atoms with E-state index in [1.54, 1.807) is 26.8 Å². The average Bonchev–Trinajstić information content (AvgIpc) is 2.52. The number of amides is 1. The Morgan fingerprint density at radius 3 is 2.33 bits per heavy atom. The highest BCUT2D eigenvalue weighted by atomic mass is 35.5. The van der Waals surface area contributed by atoms with E-state index in [2.05, 4.69) is 5.32 Å². The van der Waals surface area contributed by atoms with Crippen LogP contribution in [0, 0.1) is 11.8 Å². The summed E-state index contributed by atoms with van der Waals surface area (Å²) < 4.78 is 5.41. The van der Waals surface area contributed by atoms with Crippen molar-refractivity contribution < 1.29 is 19.1 Å². The number of benzene rings is 1. The first-order valence-electron chi connectivity index (χ1n) is 8.87. The average molecular weight is 416 g/mol. The number of ether oxygens (including phenoxy) is 1. The zero-order valence-corrected chi connectivity index (χ0v) is 17.9. The van der Waals surface area contributed by atoms with Gasteiger partial charge >= 0.3 is 5.97 Å². The van der Waals surface area contributed by atoms with E-state index in [1.807, 2.05) is 13.8 Å². The molecule has 0 spiro atoms. The predicted octanol–water partition coefficient (Wildman–Crippen LogP) is 4.69. The van der Waals surface area contributed by atoms with E-state index in [1.165, 1.54) is 12.1 Å². The van der Waals surface area contributed by atoms with Gasteiger partial charge in [0.2, 0.25) is 0 Å². The Kier molecular flexibility index (Phi) is 8.76. The molecule has 0 saturated carbocycles. The van der Waals surface area contributed by atoms with Crippen LogP contribution in [-0.4, -0.2) is 29.8 Å². The number of hydrogen-bond acceptors (Lipinski definition) is 4. The zero-order valence-electron chi connectivity index (χ0n) is 16.4. The Bertz CT molecular complexity index is 696. The molecular formula is C20H27Cl2NO4. The van der Waals surface area contributed by atoms with Crippen LogP contribution >= 0.6 is 23.2 Å². The highest BCUT2D eigenvalue weighted by Crippen LogP contribution is 2.22. The van der Waals surface area contributed by atoms with Crippen molar-refractivity contribution in [1.29, 1.82) is 0 Å². The van der Waals surface area contributed by atoms with Crippen LogP contribution in [0.5, 0.6) is 0 Å². The van der Waals surface area contributed by atoms with Crippen molar-refractivity contribution >= 4 is 40.9 Å². The normalized spacial score (nSPS) is 12.6. The standard InChI is InChI=1S/C20H27Cl2NO4/c1-12(2)8-13(19(26)27-20(3,4)5)9-15(24)11-23-18(25)16-10-14(21)6-7-17(16)22/h6-7,10,12-13H,8-9,11H2,1-5H3,(H,23,25)/t13-/m1/s1. The lowest BCUT2D eigenvalue weighted by atomic mass is 9.92. The molecule has 0 bridgehead atoms. The molecule has 1 amide bonds. The van der Waals surface area contributed by atoms with E-state index >= 15 is 0 Å². The van der Waals surface area contributed by atoms with Gasteiger partial charge in [0.05, 0.1) is 23.0 Å². The molecule has 0 unspecified atom stereocenters. The number of carbonyl (C=O) groups is 3. The molecule has 1 aromatic carbocycles. The number of hydrogen-bond donors (Lipinski definition) is 1. The van der Waals surface area contributed by atoms with Gasteiger partial charge in [-0.1, -0.05) is 37.0 Å². The number of nitrogens with one attached hydrogen (secondary N) is 1. The van der Waals surface area contributed by atoms with Crippen molar-refractivity contribution in [2.45, 2.75) is 53.1 Å². The summed E-state index contributed by atoms with van der Waals surface area (Å²) in [5.74, 6) is -1.45. The molecule has 150 valence electrons. The van der Waals surface area contributed by atoms with Crippen molar-refractivity contribution in [3.8, 4) is 0 Å². The molecule has 0 fully saturated rings. The maximum Gasteiger partial charge on any atom is 0.309 e. The van der Waals surface area contributed by atoms with E-state index in [4.69, 9.17) is 27.9 Å². The summed E-state index contributed by atoms with van der Waals surface area (Å²) in [6.07, 6.45) is 0.547. The van der Waals surface area contributed by atoms with Crippen molar-refractivity contribution in [3.63, 3.8) is 0 Å². The molecule has 0 aliphatic carbocycles. The summed E-state index contributed by atoms with van der Waals surface area (Å²) in [5.41, 5.74) is -0.421. The lowest BCUT2D eigenvalue weighted by molar-refractivity contribution is -0.161. The maximum atomic E-state index is 12.4. The second-order valence-electron chi connectivity index (χ2n) is 7.91. The third kappa shape index (κ3) is 8.76. The lowest BCUT2D eigenvalue weighted by Gasteiger charge is -2.24. The minimum atomic E-state index is -0.618. The lowest BCUT2D eigenvalue weighted by Crippen LogP contribution is -2.34. The third-order valence-electron chi connectivity index (χ3n) is 3.59. The second-order valence-corrected chi connectivity index (χ2v) is 8.75. The van der Waals surface area contributed by atoms with Gasteiger partial charge in [0.1, 0.15) is 5.60 Å². The molecule has 1 rings (SSSR count). The Hall–Kier alpha value is -1.59. The Balaban J connectivity index is 2.69. The number of esters is 1. The van der Waals surface area contributed by atoms with Crippen LogP contribution in [0.2, 0.25) is 10.0 Å². The van der Waals surface area contributed by atoms with Crippen LogP contribution < -0.4 is 5.32 Å². The molecule has 0 aliphatic rings. The number of ketones is 1. The van der Waals surface area contributed by atoms with Crippen LogP contribution in [0.3, 0.4) is 0 Å². The van der Waals surface area contributed by atoms with Gasteiger partial charge < -0.3 is 10.1 Å². The van der Waals surface area contributed by atoms with Crippen LogP contribution in [-0.2, 0) is 14.3 Å². The van der Waals surface area contributed by atoms with Crippen LogP contribution in [0.15, 0.2) is 18.2 Å². The van der Waals surface area contributed by atoms with Crippen molar-refractivity contribution in [2.24, 2.45) is 11.8 Å². The fraction of sp³-hybridized carbons (Fsp3) is 0.550. The van der Waals surface area contributed by atoms with E-state index in [0.717, 1.165) is 0 Å². The largest absolute Gasteiger partial charge is 0.460 e. The van der Waals surface area contributed by atoms with E-state index in [0.29, 0.717) is 11.4 Å². The predicted molar refractivity (Wildman–Crippen MR) is 107 cm³/mol. The monoisotopic (exact) mass is 415 g/mol. The number of carbonyl (C=O) groups excluding carboxylic acids is 3. The van der Waals surface area contributed by atoms with Crippen molar-refractivity contribution in [1.82, 2.24) is 5.32 Å². The number of rotatable bonds is 8. The first kappa shape index (κ1) is 23.4. The summed E-state index contributed by atoms with van der Waals surface area (Å²) in [5, 5.41) is 3.15. The first-order chi connectivity index (χ1) is 12.4. The van der Waals surface area contributed by atoms with E-state index < -0.39 is 23.4 Å². The fourth-order valence-electron chi connectivity index (χ4n) is 2.51. The first-order valence-corrected chi connectivity index (χ1v) is 9.62. The highest BCUT2D eigenvalue weighted by molar-refractivity contribution is 6.35. The summed E-state index contributed by atoms with van der Waals surface area (Å²) >= 11 is 11.9. The summed E-state index contributed by atoms with van der Waals surface area (Å²) in [7, 11) is 0. The molecule has 1 N–H and O–H groups in total. The van der Waals surface area contributed by atoms with Crippen molar-refractivity contribution in [2.75, 3.05) is 6.54 Å². The van der Waals surface area contributed by atoms with Gasteiger partial charge in [-0.05, 0) is 51.3 Å². The molecule has 0 radical (unpaired) electrons. The molecule has 1 aromatic rings. The minimum Gasteiger partial charge on any atom is -0.460 e. The second kappa shape index (κ2) is 10.1. The Morgan fingerprint density at radius 2 is 1.78 bits per heavy atom. The molecular weight excluding hydrogens is 389 g/mol. The van der Waals surface area contributed by atoms with E-state index in [-0.39, 0.29) is 35.3 Å². The molecule has 5 nitrogen and oxygen atoms in total.